The van der Waals surface area contributed by atoms with Crippen LogP contribution >= 0.6 is 0 Å². The van der Waals surface area contributed by atoms with Crippen LogP contribution in [0.4, 0.5) is 5.69 Å². The molecule has 2 heterocycles. The fourth-order valence-corrected chi connectivity index (χ4v) is 3.78. The van der Waals surface area contributed by atoms with Crippen molar-refractivity contribution in [2.24, 2.45) is 7.05 Å². The van der Waals surface area contributed by atoms with Gasteiger partial charge in [0.1, 0.15) is 0 Å². The summed E-state index contributed by atoms with van der Waals surface area (Å²) >= 11 is 0. The topological polar surface area (TPSA) is 82.2 Å². The number of aromatic nitrogens is 2. The molecule has 1 amide bonds. The number of rotatable bonds is 2. The summed E-state index contributed by atoms with van der Waals surface area (Å²) in [5.74, 6) is -0.168. The van der Waals surface area contributed by atoms with E-state index in [9.17, 15) is 9.59 Å². The van der Waals surface area contributed by atoms with Gasteiger partial charge in [0, 0.05) is 44.3 Å². The fourth-order valence-electron chi connectivity index (χ4n) is 3.78. The SMILES string of the molecule is Cc1ccc(C#N)cc1N1CCN(C(=O)c2nn(C)c(=O)c3ccccc23)CC1. The molecule has 3 aromatic rings. The van der Waals surface area contributed by atoms with Crippen molar-refractivity contribution in [3.63, 3.8) is 0 Å². The Morgan fingerprint density at radius 1 is 1.07 bits per heavy atom. The van der Waals surface area contributed by atoms with Crippen molar-refractivity contribution in [2.45, 2.75) is 6.92 Å². The standard InChI is InChI=1S/C22H21N5O2/c1-15-7-8-16(14-23)13-19(15)26-9-11-27(12-10-26)22(29)20-17-5-3-4-6-18(17)21(28)25(2)24-20/h3-8,13H,9-12H2,1-2H3. The van der Waals surface area contributed by atoms with E-state index in [1.54, 1.807) is 30.1 Å². The predicted molar refractivity (Wildman–Crippen MR) is 111 cm³/mol. The highest BCUT2D eigenvalue weighted by Gasteiger charge is 2.26. The molecule has 0 radical (unpaired) electrons. The van der Waals surface area contributed by atoms with Crippen LogP contribution in [0.2, 0.25) is 0 Å². The fraction of sp³-hybridized carbons (Fsp3) is 0.273. The molecule has 7 heteroatoms. The Morgan fingerprint density at radius 3 is 2.45 bits per heavy atom. The number of hydrogen-bond donors (Lipinski definition) is 0. The van der Waals surface area contributed by atoms with E-state index >= 15 is 0 Å². The minimum absolute atomic E-state index is 0.168. The lowest BCUT2D eigenvalue weighted by atomic mass is 10.1. The molecule has 7 nitrogen and oxygen atoms in total. The first-order valence-corrected chi connectivity index (χ1v) is 9.50. The van der Waals surface area contributed by atoms with Gasteiger partial charge in [0.25, 0.3) is 11.5 Å². The van der Waals surface area contributed by atoms with Crippen LogP contribution in [0.1, 0.15) is 21.6 Å². The van der Waals surface area contributed by atoms with Gasteiger partial charge in [-0.3, -0.25) is 9.59 Å². The molecule has 1 aliphatic heterocycles. The molecule has 0 saturated carbocycles. The van der Waals surface area contributed by atoms with Gasteiger partial charge in [-0.15, -0.1) is 0 Å². The Bertz CT molecular complexity index is 1200. The summed E-state index contributed by atoms with van der Waals surface area (Å²) in [5, 5.41) is 14.5. The molecule has 0 N–H and O–H groups in total. The summed E-state index contributed by atoms with van der Waals surface area (Å²) in [6.07, 6.45) is 0. The Hall–Kier alpha value is -3.66. The summed E-state index contributed by atoms with van der Waals surface area (Å²) in [7, 11) is 1.56. The molecule has 0 bridgehead atoms. The van der Waals surface area contributed by atoms with E-state index in [0.29, 0.717) is 48.2 Å². The molecule has 1 aliphatic rings. The molecule has 1 saturated heterocycles. The summed E-state index contributed by atoms with van der Waals surface area (Å²) in [6, 6.07) is 14.9. The number of hydrogen-bond acceptors (Lipinski definition) is 5. The van der Waals surface area contributed by atoms with E-state index in [2.05, 4.69) is 16.1 Å². The Morgan fingerprint density at radius 2 is 1.76 bits per heavy atom. The van der Waals surface area contributed by atoms with Crippen molar-refractivity contribution in [3.05, 3.63) is 69.6 Å². The van der Waals surface area contributed by atoms with Gasteiger partial charge in [0.2, 0.25) is 0 Å². The number of carbonyl (C=O) groups is 1. The first-order valence-electron chi connectivity index (χ1n) is 9.50. The third-order valence-corrected chi connectivity index (χ3v) is 5.40. The van der Waals surface area contributed by atoms with E-state index in [4.69, 9.17) is 5.26 Å². The second kappa shape index (κ2) is 7.40. The molecule has 2 aromatic carbocycles. The lowest BCUT2D eigenvalue weighted by molar-refractivity contribution is 0.0740. The van der Waals surface area contributed by atoms with Crippen LogP contribution in [-0.2, 0) is 7.05 Å². The van der Waals surface area contributed by atoms with Gasteiger partial charge in [-0.1, -0.05) is 24.3 Å². The van der Waals surface area contributed by atoms with Gasteiger partial charge in [0.15, 0.2) is 5.69 Å². The van der Waals surface area contributed by atoms with Crippen LogP contribution in [-0.4, -0.2) is 46.8 Å². The number of nitriles is 1. The number of nitrogens with zero attached hydrogens (tertiary/aromatic N) is 5. The highest BCUT2D eigenvalue weighted by Crippen LogP contribution is 2.24. The highest BCUT2D eigenvalue weighted by molar-refractivity contribution is 6.04. The van der Waals surface area contributed by atoms with Crippen LogP contribution in [0.5, 0.6) is 0 Å². The molecule has 4 rings (SSSR count). The summed E-state index contributed by atoms with van der Waals surface area (Å²) in [4.78, 5) is 29.5. The van der Waals surface area contributed by atoms with Crippen LogP contribution in [0, 0.1) is 18.3 Å². The average molecular weight is 387 g/mol. The second-order valence-electron chi connectivity index (χ2n) is 7.22. The molecule has 0 atom stereocenters. The number of aryl methyl sites for hydroxylation is 2. The summed E-state index contributed by atoms with van der Waals surface area (Å²) in [6.45, 7) is 4.46. The van der Waals surface area contributed by atoms with Crippen LogP contribution in [0.25, 0.3) is 10.8 Å². The number of anilines is 1. The number of benzene rings is 2. The highest BCUT2D eigenvalue weighted by atomic mass is 16.2. The zero-order chi connectivity index (χ0) is 20.5. The van der Waals surface area contributed by atoms with E-state index in [1.807, 2.05) is 31.2 Å². The Balaban J connectivity index is 1.58. The number of carbonyl (C=O) groups excluding carboxylic acids is 1. The van der Waals surface area contributed by atoms with Gasteiger partial charge < -0.3 is 9.80 Å². The van der Waals surface area contributed by atoms with E-state index in [1.165, 1.54) is 4.68 Å². The zero-order valence-electron chi connectivity index (χ0n) is 16.4. The van der Waals surface area contributed by atoms with Crippen molar-refractivity contribution < 1.29 is 4.79 Å². The minimum Gasteiger partial charge on any atom is -0.368 e. The largest absolute Gasteiger partial charge is 0.368 e. The summed E-state index contributed by atoms with van der Waals surface area (Å²) in [5.41, 5.74) is 2.86. The predicted octanol–water partition coefficient (Wildman–Crippen LogP) is 2.08. The number of amides is 1. The maximum atomic E-state index is 13.2. The number of fused-ring (bicyclic) bond motifs is 1. The summed E-state index contributed by atoms with van der Waals surface area (Å²) < 4.78 is 1.22. The van der Waals surface area contributed by atoms with Gasteiger partial charge in [-0.05, 0) is 30.7 Å². The monoisotopic (exact) mass is 387 g/mol. The number of piperazine rings is 1. The van der Waals surface area contributed by atoms with Crippen molar-refractivity contribution in [3.8, 4) is 6.07 Å². The molecule has 1 aromatic heterocycles. The van der Waals surface area contributed by atoms with Gasteiger partial charge in [-0.25, -0.2) is 4.68 Å². The van der Waals surface area contributed by atoms with E-state index in [-0.39, 0.29) is 11.5 Å². The van der Waals surface area contributed by atoms with Crippen molar-refractivity contribution >= 4 is 22.4 Å². The van der Waals surface area contributed by atoms with Gasteiger partial charge >= 0.3 is 0 Å². The molecule has 0 unspecified atom stereocenters. The lowest BCUT2D eigenvalue weighted by Crippen LogP contribution is -2.49. The molecule has 1 fully saturated rings. The van der Waals surface area contributed by atoms with E-state index < -0.39 is 0 Å². The molecular weight excluding hydrogens is 366 g/mol. The van der Waals surface area contributed by atoms with Crippen molar-refractivity contribution in [1.82, 2.24) is 14.7 Å². The van der Waals surface area contributed by atoms with E-state index in [0.717, 1.165) is 11.3 Å². The quantitative estimate of drug-likeness (QED) is 0.672. The van der Waals surface area contributed by atoms with Gasteiger partial charge in [-0.2, -0.15) is 10.4 Å². The minimum atomic E-state index is -0.213. The second-order valence-corrected chi connectivity index (χ2v) is 7.22. The molecule has 29 heavy (non-hydrogen) atoms. The first kappa shape index (κ1) is 18.7. The lowest BCUT2D eigenvalue weighted by Gasteiger charge is -2.36. The molecule has 0 aliphatic carbocycles. The average Bonchev–Trinajstić information content (AvgIpc) is 2.76. The maximum Gasteiger partial charge on any atom is 0.275 e. The molecule has 0 spiro atoms. The van der Waals surface area contributed by atoms with Crippen LogP contribution < -0.4 is 10.5 Å². The Labute approximate surface area is 168 Å². The molecule has 146 valence electrons. The van der Waals surface area contributed by atoms with Crippen molar-refractivity contribution in [2.75, 3.05) is 31.1 Å². The third kappa shape index (κ3) is 3.34. The molecular formula is C22H21N5O2. The van der Waals surface area contributed by atoms with Crippen molar-refractivity contribution in [1.29, 1.82) is 5.26 Å². The zero-order valence-corrected chi connectivity index (χ0v) is 16.4. The smallest absolute Gasteiger partial charge is 0.275 e. The van der Waals surface area contributed by atoms with Crippen LogP contribution in [0.3, 0.4) is 0 Å². The Kier molecular flexibility index (Phi) is 4.77. The first-order chi connectivity index (χ1) is 14.0. The normalized spacial score (nSPS) is 14.1. The maximum absolute atomic E-state index is 13.2. The third-order valence-electron chi connectivity index (χ3n) is 5.40. The van der Waals surface area contributed by atoms with Gasteiger partial charge in [0.05, 0.1) is 17.0 Å². The van der Waals surface area contributed by atoms with Crippen LogP contribution in [0.15, 0.2) is 47.3 Å².